The van der Waals surface area contributed by atoms with E-state index in [0.717, 1.165) is 5.56 Å². The Bertz CT molecular complexity index is 1230. The summed E-state index contributed by atoms with van der Waals surface area (Å²) in [6.45, 7) is 0.560. The molecule has 0 radical (unpaired) electrons. The van der Waals surface area contributed by atoms with Crippen molar-refractivity contribution in [2.45, 2.75) is 19.5 Å². The Morgan fingerprint density at radius 2 is 1.85 bits per heavy atom. The van der Waals surface area contributed by atoms with Crippen LogP contribution >= 0.6 is 0 Å². The first-order chi connectivity index (χ1) is 15.9. The summed E-state index contributed by atoms with van der Waals surface area (Å²) in [6, 6.07) is 13.0. The molecule has 12 heteroatoms. The standard InChI is InChI=1S/C21H20N6O5S/c28-19-11-15-3-1-2-4-18(15)21(30)27(19)10-9-26-13-17(23-25-26)12-22-20(29)14-5-7-16(8-6-14)24-33(31)32/h1-8,13,24H,9-12H2,(H,22,29)(H,31,32)/p-1. The molecule has 0 fully saturated rings. The number of carbonyl (C=O) groups is 3. The smallest absolute Gasteiger partial charge is 0.260 e. The summed E-state index contributed by atoms with van der Waals surface area (Å²) in [4.78, 5) is 38.5. The van der Waals surface area contributed by atoms with E-state index >= 15 is 0 Å². The van der Waals surface area contributed by atoms with Gasteiger partial charge in [0.05, 0.1) is 25.7 Å². The SMILES string of the molecule is O=C(NCc1cn(CCN2C(=O)Cc3ccccc3C2=O)nn1)c1ccc(NS(=O)[O-])cc1. The van der Waals surface area contributed by atoms with Gasteiger partial charge in [-0.3, -0.25) is 28.2 Å². The van der Waals surface area contributed by atoms with Gasteiger partial charge in [0, 0.05) is 34.6 Å². The maximum absolute atomic E-state index is 12.6. The number of anilines is 1. The molecule has 0 saturated heterocycles. The topological polar surface area (TPSA) is 149 Å². The molecule has 4 rings (SSSR count). The van der Waals surface area contributed by atoms with Crippen molar-refractivity contribution in [3.63, 3.8) is 0 Å². The van der Waals surface area contributed by atoms with E-state index in [1.165, 1.54) is 33.8 Å². The summed E-state index contributed by atoms with van der Waals surface area (Å²) >= 11 is -2.44. The minimum absolute atomic E-state index is 0.123. The van der Waals surface area contributed by atoms with Crippen LogP contribution in [0.2, 0.25) is 0 Å². The minimum Gasteiger partial charge on any atom is -0.755 e. The van der Waals surface area contributed by atoms with Crippen LogP contribution in [-0.4, -0.2) is 52.9 Å². The second kappa shape index (κ2) is 9.71. The number of nitrogens with one attached hydrogen (secondary N) is 2. The van der Waals surface area contributed by atoms with Crippen LogP contribution in [0.15, 0.2) is 54.7 Å². The van der Waals surface area contributed by atoms with Crippen molar-refractivity contribution in [1.82, 2.24) is 25.2 Å². The fourth-order valence-corrected chi connectivity index (χ4v) is 3.74. The Labute approximate surface area is 191 Å². The largest absolute Gasteiger partial charge is 0.755 e. The number of hydrogen-bond acceptors (Lipinski definition) is 7. The zero-order valence-corrected chi connectivity index (χ0v) is 18.1. The number of nitrogens with zero attached hydrogens (tertiary/aromatic N) is 4. The Morgan fingerprint density at radius 1 is 1.09 bits per heavy atom. The number of aromatic nitrogens is 3. The molecule has 1 atom stereocenters. The Kier molecular flexibility index (Phi) is 6.56. The normalized spacial score (nSPS) is 14.0. The molecule has 2 aromatic carbocycles. The van der Waals surface area contributed by atoms with Gasteiger partial charge in [0.25, 0.3) is 11.8 Å². The molecule has 3 amide bonds. The van der Waals surface area contributed by atoms with E-state index in [1.807, 2.05) is 0 Å². The number of benzene rings is 2. The van der Waals surface area contributed by atoms with E-state index in [0.29, 0.717) is 22.5 Å². The van der Waals surface area contributed by atoms with Gasteiger partial charge in [0.1, 0.15) is 5.69 Å². The molecule has 1 aromatic heterocycles. The van der Waals surface area contributed by atoms with Crippen LogP contribution in [0.5, 0.6) is 0 Å². The lowest BCUT2D eigenvalue weighted by molar-refractivity contribution is -0.128. The molecule has 1 unspecified atom stereocenters. The number of fused-ring (bicyclic) bond motifs is 1. The lowest BCUT2D eigenvalue weighted by atomic mass is 9.98. The molecule has 170 valence electrons. The van der Waals surface area contributed by atoms with E-state index in [2.05, 4.69) is 20.4 Å². The van der Waals surface area contributed by atoms with E-state index in [-0.39, 0.29) is 43.8 Å². The van der Waals surface area contributed by atoms with Gasteiger partial charge in [-0.05, 0) is 35.9 Å². The third kappa shape index (κ3) is 5.30. The molecule has 1 aliphatic heterocycles. The van der Waals surface area contributed by atoms with Crippen LogP contribution in [0.4, 0.5) is 5.69 Å². The first-order valence-electron chi connectivity index (χ1n) is 9.96. The fraction of sp³-hybridized carbons (Fsp3) is 0.190. The van der Waals surface area contributed by atoms with Crippen LogP contribution in [0.25, 0.3) is 0 Å². The van der Waals surface area contributed by atoms with Crippen LogP contribution < -0.4 is 10.0 Å². The Hall–Kier alpha value is -3.90. The summed E-state index contributed by atoms with van der Waals surface area (Å²) in [5.74, 6) is -0.936. The van der Waals surface area contributed by atoms with Gasteiger partial charge in [-0.1, -0.05) is 23.4 Å². The summed E-state index contributed by atoms with van der Waals surface area (Å²) in [5.41, 5.74) is 2.46. The van der Waals surface area contributed by atoms with Crippen molar-refractivity contribution in [3.8, 4) is 0 Å². The Morgan fingerprint density at radius 3 is 2.61 bits per heavy atom. The van der Waals surface area contributed by atoms with Gasteiger partial charge < -0.3 is 14.6 Å². The molecule has 33 heavy (non-hydrogen) atoms. The third-order valence-corrected chi connectivity index (χ3v) is 5.46. The van der Waals surface area contributed by atoms with E-state index in [4.69, 9.17) is 0 Å². The highest BCUT2D eigenvalue weighted by molar-refractivity contribution is 7.80. The second-order valence-electron chi connectivity index (χ2n) is 7.25. The summed E-state index contributed by atoms with van der Waals surface area (Å²) < 4.78 is 25.0. The first-order valence-corrected chi connectivity index (χ1v) is 11.0. The van der Waals surface area contributed by atoms with E-state index in [9.17, 15) is 23.1 Å². The molecule has 2 N–H and O–H groups in total. The maximum atomic E-state index is 12.6. The molecule has 2 heterocycles. The third-order valence-electron chi connectivity index (χ3n) is 5.05. The molecule has 0 aliphatic carbocycles. The molecule has 1 aliphatic rings. The molecule has 0 saturated carbocycles. The predicted molar refractivity (Wildman–Crippen MR) is 116 cm³/mol. The predicted octanol–water partition coefficient (Wildman–Crippen LogP) is 0.639. The second-order valence-corrected chi connectivity index (χ2v) is 7.93. The molecule has 11 nitrogen and oxygen atoms in total. The molecule has 0 spiro atoms. The zero-order chi connectivity index (χ0) is 23.4. The van der Waals surface area contributed by atoms with Gasteiger partial charge >= 0.3 is 0 Å². The monoisotopic (exact) mass is 467 g/mol. The molecule has 3 aromatic rings. The average molecular weight is 467 g/mol. The Balaban J connectivity index is 1.30. The van der Waals surface area contributed by atoms with Crippen molar-refractivity contribution in [1.29, 1.82) is 0 Å². The molecular formula is C21H19N6O5S-. The van der Waals surface area contributed by atoms with Crippen molar-refractivity contribution in [2.24, 2.45) is 0 Å². The molecular weight excluding hydrogens is 448 g/mol. The lowest BCUT2D eigenvalue weighted by Gasteiger charge is -2.26. The minimum atomic E-state index is -2.44. The quantitative estimate of drug-likeness (QED) is 0.365. The maximum Gasteiger partial charge on any atom is 0.260 e. The summed E-state index contributed by atoms with van der Waals surface area (Å²) in [6.07, 6.45) is 1.81. The first kappa shape index (κ1) is 22.3. The van der Waals surface area contributed by atoms with Crippen LogP contribution in [0, 0.1) is 0 Å². The zero-order valence-electron chi connectivity index (χ0n) is 17.3. The number of imide groups is 1. The van der Waals surface area contributed by atoms with E-state index < -0.39 is 11.3 Å². The van der Waals surface area contributed by atoms with Crippen LogP contribution in [-0.2, 0) is 35.6 Å². The number of hydrogen-bond donors (Lipinski definition) is 2. The number of rotatable bonds is 8. The van der Waals surface area contributed by atoms with Crippen molar-refractivity contribution >= 4 is 34.7 Å². The molecule has 0 bridgehead atoms. The van der Waals surface area contributed by atoms with Crippen molar-refractivity contribution in [3.05, 3.63) is 77.1 Å². The van der Waals surface area contributed by atoms with Crippen LogP contribution in [0.1, 0.15) is 32.0 Å². The van der Waals surface area contributed by atoms with Crippen LogP contribution in [0.3, 0.4) is 0 Å². The number of amides is 3. The van der Waals surface area contributed by atoms with Gasteiger partial charge in [-0.2, -0.15) is 0 Å². The van der Waals surface area contributed by atoms with Gasteiger partial charge in [0.15, 0.2) is 0 Å². The van der Waals surface area contributed by atoms with Crippen molar-refractivity contribution in [2.75, 3.05) is 11.3 Å². The van der Waals surface area contributed by atoms with Gasteiger partial charge in [-0.15, -0.1) is 5.10 Å². The summed E-state index contributed by atoms with van der Waals surface area (Å²) in [7, 11) is 0. The highest BCUT2D eigenvalue weighted by Gasteiger charge is 2.30. The summed E-state index contributed by atoms with van der Waals surface area (Å²) in [5, 5.41) is 10.7. The van der Waals surface area contributed by atoms with Gasteiger partial charge in [0.2, 0.25) is 5.91 Å². The highest BCUT2D eigenvalue weighted by atomic mass is 32.2. The van der Waals surface area contributed by atoms with E-state index in [1.54, 1.807) is 30.5 Å². The number of carbonyl (C=O) groups excluding carboxylic acids is 3. The highest BCUT2D eigenvalue weighted by Crippen LogP contribution is 2.19. The average Bonchev–Trinajstić information content (AvgIpc) is 3.25. The lowest BCUT2D eigenvalue weighted by Crippen LogP contribution is -2.43. The van der Waals surface area contributed by atoms with Gasteiger partial charge in [-0.25, -0.2) is 0 Å². The van der Waals surface area contributed by atoms with Crippen molar-refractivity contribution < 1.29 is 23.1 Å². The fourth-order valence-electron chi connectivity index (χ4n) is 3.42.